The van der Waals surface area contributed by atoms with Gasteiger partial charge in [-0.05, 0) is 66.2 Å². The van der Waals surface area contributed by atoms with Gasteiger partial charge in [0.2, 0.25) is 0 Å². The molecule has 0 saturated carbocycles. The lowest BCUT2D eigenvalue weighted by Gasteiger charge is -2.10. The summed E-state index contributed by atoms with van der Waals surface area (Å²) < 4.78 is 11.3. The summed E-state index contributed by atoms with van der Waals surface area (Å²) in [4.78, 5) is 4.72. The van der Waals surface area contributed by atoms with Crippen molar-refractivity contribution in [2.24, 2.45) is 0 Å². The molecule has 0 spiro atoms. The molecule has 0 unspecified atom stereocenters. The predicted molar refractivity (Wildman–Crippen MR) is 186 cm³/mol. The van der Waals surface area contributed by atoms with E-state index in [1.807, 2.05) is 12.4 Å². The Kier molecular flexibility index (Phi) is 4.96. The average molecular weight is 576 g/mol. The van der Waals surface area contributed by atoms with E-state index in [4.69, 9.17) is 9.40 Å². The first-order chi connectivity index (χ1) is 22.3. The third-order valence-electron chi connectivity index (χ3n) is 9.18. The van der Waals surface area contributed by atoms with Crippen molar-refractivity contribution in [2.45, 2.75) is 0 Å². The summed E-state index contributed by atoms with van der Waals surface area (Å²) >= 11 is 0. The molecule has 0 aliphatic heterocycles. The highest BCUT2D eigenvalue weighted by Crippen LogP contribution is 2.41. The number of furan rings is 1. The van der Waals surface area contributed by atoms with Crippen LogP contribution in [0.15, 0.2) is 156 Å². The Morgan fingerprint density at radius 2 is 1.07 bits per heavy atom. The van der Waals surface area contributed by atoms with Gasteiger partial charge in [0.1, 0.15) is 11.2 Å². The number of rotatable bonds is 3. The second kappa shape index (κ2) is 9.18. The summed E-state index contributed by atoms with van der Waals surface area (Å²) in [6, 6.07) is 49.4. The summed E-state index contributed by atoms with van der Waals surface area (Å²) in [5, 5.41) is 7.02. The van der Waals surface area contributed by atoms with Crippen LogP contribution in [-0.4, -0.2) is 14.1 Å². The van der Waals surface area contributed by atoms with Gasteiger partial charge in [0.15, 0.2) is 0 Å². The van der Waals surface area contributed by atoms with Gasteiger partial charge in [-0.25, -0.2) is 0 Å². The van der Waals surface area contributed by atoms with E-state index in [-0.39, 0.29) is 0 Å². The molecule has 210 valence electrons. The van der Waals surface area contributed by atoms with E-state index in [0.29, 0.717) is 0 Å². The third-order valence-corrected chi connectivity index (χ3v) is 9.18. The lowest BCUT2D eigenvalue weighted by molar-refractivity contribution is 0.673. The Bertz CT molecular complexity index is 2710. The standard InChI is InChI=1S/C41H25N3O/c1-2-10-28(11-3-1)43-37-17-9-6-14-33(37)40-38(43)20-19-32-34-23-26(18-21-39(34)45-41(32)40)27-22-29(25-42-24-27)44-35-15-7-4-12-30(35)31-13-5-8-16-36(31)44/h1-25H. The zero-order valence-electron chi connectivity index (χ0n) is 24.2. The number of pyridine rings is 1. The van der Waals surface area contributed by atoms with Gasteiger partial charge in [-0.2, -0.15) is 0 Å². The molecule has 45 heavy (non-hydrogen) atoms. The number of nitrogens with zero attached hydrogens (tertiary/aromatic N) is 3. The Labute approximate surface area is 258 Å². The average Bonchev–Trinajstić information content (AvgIpc) is 3.76. The van der Waals surface area contributed by atoms with Crippen LogP contribution in [0.5, 0.6) is 0 Å². The molecular weight excluding hydrogens is 550 g/mol. The maximum atomic E-state index is 6.66. The predicted octanol–water partition coefficient (Wildman–Crippen LogP) is 10.8. The van der Waals surface area contributed by atoms with Crippen LogP contribution in [0.4, 0.5) is 0 Å². The number of benzene rings is 6. The molecule has 0 N–H and O–H groups in total. The first-order valence-corrected chi connectivity index (χ1v) is 15.2. The van der Waals surface area contributed by atoms with E-state index in [9.17, 15) is 0 Å². The molecule has 0 amide bonds. The molecule has 0 radical (unpaired) electrons. The summed E-state index contributed by atoms with van der Waals surface area (Å²) in [6.07, 6.45) is 3.90. The quantitative estimate of drug-likeness (QED) is 0.210. The fourth-order valence-electron chi connectivity index (χ4n) is 7.23. The molecular formula is C41H25N3O. The fraction of sp³-hybridized carbons (Fsp3) is 0. The summed E-state index contributed by atoms with van der Waals surface area (Å²) in [5.74, 6) is 0. The van der Waals surface area contributed by atoms with Gasteiger partial charge in [0.25, 0.3) is 0 Å². The lowest BCUT2D eigenvalue weighted by atomic mass is 10.0. The van der Waals surface area contributed by atoms with E-state index in [0.717, 1.165) is 55.3 Å². The number of hydrogen-bond donors (Lipinski definition) is 0. The molecule has 0 fully saturated rings. The largest absolute Gasteiger partial charge is 0.455 e. The Morgan fingerprint density at radius 3 is 1.82 bits per heavy atom. The topological polar surface area (TPSA) is 35.9 Å². The number of para-hydroxylation sites is 4. The molecule has 0 saturated heterocycles. The van der Waals surface area contributed by atoms with Gasteiger partial charge in [0, 0.05) is 44.4 Å². The van der Waals surface area contributed by atoms with Crippen LogP contribution < -0.4 is 0 Å². The minimum absolute atomic E-state index is 0.879. The molecule has 10 aromatic rings. The van der Waals surface area contributed by atoms with Crippen LogP contribution in [0.2, 0.25) is 0 Å². The maximum absolute atomic E-state index is 6.66. The first-order valence-electron chi connectivity index (χ1n) is 15.2. The summed E-state index contributed by atoms with van der Waals surface area (Å²) in [7, 11) is 0. The van der Waals surface area contributed by atoms with Crippen LogP contribution in [0.25, 0.3) is 88.1 Å². The van der Waals surface area contributed by atoms with Crippen molar-refractivity contribution in [2.75, 3.05) is 0 Å². The van der Waals surface area contributed by atoms with Gasteiger partial charge in [0.05, 0.1) is 39.3 Å². The summed E-state index contributed by atoms with van der Waals surface area (Å²) in [5.41, 5.74) is 10.8. The zero-order chi connectivity index (χ0) is 29.5. The molecule has 0 aliphatic rings. The Morgan fingerprint density at radius 1 is 0.422 bits per heavy atom. The molecule has 4 nitrogen and oxygen atoms in total. The molecule has 4 heterocycles. The van der Waals surface area contributed by atoms with Crippen molar-refractivity contribution in [3.05, 3.63) is 152 Å². The highest BCUT2D eigenvalue weighted by atomic mass is 16.3. The molecule has 4 heteroatoms. The molecule has 0 aliphatic carbocycles. The lowest BCUT2D eigenvalue weighted by Crippen LogP contribution is -1.95. The van der Waals surface area contributed by atoms with Crippen LogP contribution in [0.3, 0.4) is 0 Å². The summed E-state index contributed by atoms with van der Waals surface area (Å²) in [6.45, 7) is 0. The molecule has 0 bridgehead atoms. The van der Waals surface area contributed by atoms with E-state index in [1.165, 1.54) is 32.7 Å². The van der Waals surface area contributed by atoms with E-state index < -0.39 is 0 Å². The molecule has 10 rings (SSSR count). The Hall–Kier alpha value is -6.13. The van der Waals surface area contributed by atoms with E-state index in [1.54, 1.807) is 0 Å². The molecule has 6 aromatic carbocycles. The van der Waals surface area contributed by atoms with Crippen molar-refractivity contribution in [3.63, 3.8) is 0 Å². The van der Waals surface area contributed by atoms with Crippen LogP contribution in [-0.2, 0) is 0 Å². The number of fused-ring (bicyclic) bond motifs is 10. The number of hydrogen-bond acceptors (Lipinski definition) is 2. The van der Waals surface area contributed by atoms with Crippen molar-refractivity contribution >= 4 is 65.6 Å². The first kappa shape index (κ1) is 24.3. The highest BCUT2D eigenvalue weighted by Gasteiger charge is 2.19. The number of aromatic nitrogens is 3. The normalized spacial score (nSPS) is 12.0. The molecule has 0 atom stereocenters. The monoisotopic (exact) mass is 575 g/mol. The van der Waals surface area contributed by atoms with Crippen molar-refractivity contribution in [1.82, 2.24) is 14.1 Å². The maximum Gasteiger partial charge on any atom is 0.145 e. The van der Waals surface area contributed by atoms with E-state index >= 15 is 0 Å². The second-order valence-electron chi connectivity index (χ2n) is 11.6. The SMILES string of the molecule is c1ccc(-n2c3ccccc3c3c4oc5ccc(-c6cncc(-n7c8ccccc8c8ccccc87)c6)cc5c4ccc32)cc1. The minimum Gasteiger partial charge on any atom is -0.455 e. The van der Waals surface area contributed by atoms with Gasteiger partial charge in [-0.15, -0.1) is 0 Å². The van der Waals surface area contributed by atoms with Crippen LogP contribution in [0.1, 0.15) is 0 Å². The van der Waals surface area contributed by atoms with Gasteiger partial charge >= 0.3 is 0 Å². The third kappa shape index (κ3) is 3.45. The fourth-order valence-corrected chi connectivity index (χ4v) is 7.23. The highest BCUT2D eigenvalue weighted by molar-refractivity contribution is 6.24. The Balaban J connectivity index is 1.18. The van der Waals surface area contributed by atoms with Crippen molar-refractivity contribution in [3.8, 4) is 22.5 Å². The van der Waals surface area contributed by atoms with Gasteiger partial charge in [-0.3, -0.25) is 4.98 Å². The van der Waals surface area contributed by atoms with Gasteiger partial charge < -0.3 is 13.6 Å². The minimum atomic E-state index is 0.879. The van der Waals surface area contributed by atoms with Gasteiger partial charge in [-0.1, -0.05) is 78.9 Å². The van der Waals surface area contributed by atoms with Crippen molar-refractivity contribution < 1.29 is 4.42 Å². The second-order valence-corrected chi connectivity index (χ2v) is 11.6. The van der Waals surface area contributed by atoms with Crippen LogP contribution in [0, 0.1) is 0 Å². The van der Waals surface area contributed by atoms with E-state index in [2.05, 4.69) is 149 Å². The smallest absolute Gasteiger partial charge is 0.145 e. The zero-order valence-corrected chi connectivity index (χ0v) is 24.2. The molecule has 4 aromatic heterocycles. The van der Waals surface area contributed by atoms with Crippen LogP contribution >= 0.6 is 0 Å². The van der Waals surface area contributed by atoms with Crippen molar-refractivity contribution in [1.29, 1.82) is 0 Å².